The van der Waals surface area contributed by atoms with Gasteiger partial charge in [-0.05, 0) is 63.1 Å². The Labute approximate surface area is 228 Å². The molecule has 0 saturated heterocycles. The van der Waals surface area contributed by atoms with Crippen molar-refractivity contribution >= 4 is 22.8 Å². The van der Waals surface area contributed by atoms with Crippen LogP contribution < -0.4 is 14.8 Å². The minimum absolute atomic E-state index is 0.0825. The Hall–Kier alpha value is -4.40. The van der Waals surface area contributed by atoms with Crippen molar-refractivity contribution in [2.24, 2.45) is 0 Å². The number of nitrogens with one attached hydrogen (secondary N) is 1. The van der Waals surface area contributed by atoms with Gasteiger partial charge in [0.25, 0.3) is 0 Å². The summed E-state index contributed by atoms with van der Waals surface area (Å²) in [6, 6.07) is 21.4. The Morgan fingerprint density at radius 1 is 1.00 bits per heavy atom. The summed E-state index contributed by atoms with van der Waals surface area (Å²) in [6.45, 7) is 8.21. The van der Waals surface area contributed by atoms with Crippen molar-refractivity contribution in [3.8, 4) is 11.5 Å². The van der Waals surface area contributed by atoms with Crippen LogP contribution in [0.1, 0.15) is 44.9 Å². The lowest BCUT2D eigenvalue weighted by Crippen LogP contribution is -2.49. The second kappa shape index (κ2) is 12.0. The van der Waals surface area contributed by atoms with Gasteiger partial charge in [-0.2, -0.15) is 0 Å². The first kappa shape index (κ1) is 27.6. The van der Waals surface area contributed by atoms with Crippen LogP contribution in [-0.4, -0.2) is 51.0 Å². The van der Waals surface area contributed by atoms with E-state index in [1.807, 2.05) is 82.3 Å². The van der Waals surface area contributed by atoms with Crippen LogP contribution in [0.15, 0.2) is 72.8 Å². The number of amides is 2. The minimum atomic E-state index is -0.948. The van der Waals surface area contributed by atoms with Crippen LogP contribution >= 0.6 is 0 Å². The fourth-order valence-electron chi connectivity index (χ4n) is 4.40. The maximum Gasteiger partial charge on any atom is 0.247 e. The zero-order valence-electron chi connectivity index (χ0n) is 23.0. The molecular formula is C30H35N5O4. The maximum absolute atomic E-state index is 14.1. The third-order valence-electron chi connectivity index (χ3n) is 6.08. The van der Waals surface area contributed by atoms with Gasteiger partial charge in [-0.15, -0.1) is 5.10 Å². The molecule has 9 nitrogen and oxygen atoms in total. The normalized spacial score (nSPS) is 12.1. The molecule has 1 heterocycles. The first-order chi connectivity index (χ1) is 18.7. The standard InChI is InChI=1S/C30H35N5O4/c1-6-39-25-17-16-22(18-26(25)38-5)28(29(37)31-30(2,3)4)34(19-21-12-8-7-9-13-21)27(36)20-35-24-15-11-10-14-23(24)32-33-35/h7-18,28H,6,19-20H2,1-5H3,(H,31,37)/t28-/m0/s1. The predicted molar refractivity (Wildman–Crippen MR) is 149 cm³/mol. The van der Waals surface area contributed by atoms with Crippen LogP contribution in [-0.2, 0) is 22.7 Å². The zero-order chi connectivity index (χ0) is 28.0. The molecule has 0 unspecified atom stereocenters. The number of methoxy groups -OCH3 is 1. The third kappa shape index (κ3) is 6.73. The van der Waals surface area contributed by atoms with E-state index in [0.29, 0.717) is 29.2 Å². The zero-order valence-corrected chi connectivity index (χ0v) is 23.0. The van der Waals surface area contributed by atoms with E-state index in [1.165, 1.54) is 0 Å². The summed E-state index contributed by atoms with van der Waals surface area (Å²) < 4.78 is 12.8. The summed E-state index contributed by atoms with van der Waals surface area (Å²) in [6.07, 6.45) is 0. The largest absolute Gasteiger partial charge is 0.493 e. The molecule has 0 spiro atoms. The van der Waals surface area contributed by atoms with Gasteiger partial charge < -0.3 is 19.7 Å². The SMILES string of the molecule is CCOc1ccc([C@@H](C(=O)NC(C)(C)C)N(Cc2ccccc2)C(=O)Cn2nnc3ccccc32)cc1OC. The lowest BCUT2D eigenvalue weighted by Gasteiger charge is -2.34. The number of aromatic nitrogens is 3. The van der Waals surface area contributed by atoms with E-state index in [4.69, 9.17) is 9.47 Å². The molecule has 0 saturated carbocycles. The van der Waals surface area contributed by atoms with Gasteiger partial charge in [-0.3, -0.25) is 9.59 Å². The Morgan fingerprint density at radius 2 is 1.72 bits per heavy atom. The van der Waals surface area contributed by atoms with Crippen LogP contribution in [0.3, 0.4) is 0 Å². The Kier molecular flexibility index (Phi) is 8.49. The lowest BCUT2D eigenvalue weighted by molar-refractivity contribution is -0.142. The van der Waals surface area contributed by atoms with Crippen LogP contribution in [0.2, 0.25) is 0 Å². The quantitative estimate of drug-likeness (QED) is 0.324. The minimum Gasteiger partial charge on any atom is -0.493 e. The van der Waals surface area contributed by atoms with E-state index < -0.39 is 11.6 Å². The second-order valence-corrected chi connectivity index (χ2v) is 10.2. The number of rotatable bonds is 10. The molecule has 0 radical (unpaired) electrons. The summed E-state index contributed by atoms with van der Waals surface area (Å²) in [5, 5.41) is 11.5. The van der Waals surface area contributed by atoms with Gasteiger partial charge in [0.1, 0.15) is 18.1 Å². The fourth-order valence-corrected chi connectivity index (χ4v) is 4.40. The average Bonchev–Trinajstić information content (AvgIpc) is 3.31. The van der Waals surface area contributed by atoms with Crippen molar-refractivity contribution in [1.29, 1.82) is 0 Å². The first-order valence-electron chi connectivity index (χ1n) is 12.9. The van der Waals surface area contributed by atoms with Crippen molar-refractivity contribution in [2.45, 2.75) is 52.4 Å². The number of benzene rings is 3. The van der Waals surface area contributed by atoms with Crippen LogP contribution in [0.4, 0.5) is 0 Å². The van der Waals surface area contributed by atoms with Gasteiger partial charge in [0, 0.05) is 12.1 Å². The summed E-state index contributed by atoms with van der Waals surface area (Å²) in [5.74, 6) is 0.462. The van der Waals surface area contributed by atoms with Crippen molar-refractivity contribution in [3.63, 3.8) is 0 Å². The number of hydrogen-bond acceptors (Lipinski definition) is 6. The Balaban J connectivity index is 1.80. The molecule has 9 heteroatoms. The fraction of sp³-hybridized carbons (Fsp3) is 0.333. The number of carbonyl (C=O) groups is 2. The highest BCUT2D eigenvalue weighted by molar-refractivity contribution is 5.89. The average molecular weight is 530 g/mol. The van der Waals surface area contributed by atoms with E-state index in [1.54, 1.807) is 34.9 Å². The van der Waals surface area contributed by atoms with Crippen molar-refractivity contribution < 1.29 is 19.1 Å². The molecule has 0 aliphatic rings. The van der Waals surface area contributed by atoms with Crippen LogP contribution in [0.5, 0.6) is 11.5 Å². The third-order valence-corrected chi connectivity index (χ3v) is 6.08. The monoisotopic (exact) mass is 529 g/mol. The van der Waals surface area contributed by atoms with Gasteiger partial charge in [-0.1, -0.05) is 53.7 Å². The summed E-state index contributed by atoms with van der Waals surface area (Å²) in [5.41, 5.74) is 2.40. The van der Waals surface area contributed by atoms with E-state index in [-0.39, 0.29) is 24.9 Å². The van der Waals surface area contributed by atoms with Gasteiger partial charge in [0.05, 0.1) is 19.2 Å². The molecule has 0 aliphatic heterocycles. The molecule has 0 bridgehead atoms. The van der Waals surface area contributed by atoms with Gasteiger partial charge in [0.2, 0.25) is 11.8 Å². The van der Waals surface area contributed by atoms with Gasteiger partial charge in [0.15, 0.2) is 11.5 Å². The highest BCUT2D eigenvalue weighted by atomic mass is 16.5. The van der Waals surface area contributed by atoms with Gasteiger partial charge >= 0.3 is 0 Å². The van der Waals surface area contributed by atoms with E-state index in [0.717, 1.165) is 11.1 Å². The predicted octanol–water partition coefficient (Wildman–Crippen LogP) is 4.52. The number of fused-ring (bicyclic) bond motifs is 1. The van der Waals surface area contributed by atoms with E-state index in [9.17, 15) is 9.59 Å². The Bertz CT molecular complexity index is 1430. The van der Waals surface area contributed by atoms with Crippen molar-refractivity contribution in [2.75, 3.05) is 13.7 Å². The Morgan fingerprint density at radius 3 is 2.41 bits per heavy atom. The molecule has 1 aromatic heterocycles. The summed E-state index contributed by atoms with van der Waals surface area (Å²) >= 11 is 0. The molecule has 1 N–H and O–H groups in total. The van der Waals surface area contributed by atoms with Gasteiger partial charge in [-0.25, -0.2) is 4.68 Å². The van der Waals surface area contributed by atoms with Crippen LogP contribution in [0.25, 0.3) is 11.0 Å². The number of ether oxygens (including phenoxy) is 2. The van der Waals surface area contributed by atoms with Crippen molar-refractivity contribution in [1.82, 2.24) is 25.2 Å². The van der Waals surface area contributed by atoms with Crippen molar-refractivity contribution in [3.05, 3.63) is 83.9 Å². The smallest absolute Gasteiger partial charge is 0.247 e. The highest BCUT2D eigenvalue weighted by Crippen LogP contribution is 2.34. The van der Waals surface area contributed by atoms with E-state index in [2.05, 4.69) is 15.6 Å². The van der Waals surface area contributed by atoms with Crippen LogP contribution in [0, 0.1) is 0 Å². The second-order valence-electron chi connectivity index (χ2n) is 10.2. The first-order valence-corrected chi connectivity index (χ1v) is 12.9. The topological polar surface area (TPSA) is 98.6 Å². The highest BCUT2D eigenvalue weighted by Gasteiger charge is 2.34. The van der Waals surface area contributed by atoms with E-state index >= 15 is 0 Å². The molecule has 1 atom stereocenters. The number of hydrogen-bond donors (Lipinski definition) is 1. The molecule has 39 heavy (non-hydrogen) atoms. The lowest BCUT2D eigenvalue weighted by atomic mass is 10.00. The molecular weight excluding hydrogens is 494 g/mol. The molecule has 0 fully saturated rings. The number of nitrogens with zero attached hydrogens (tertiary/aromatic N) is 4. The summed E-state index contributed by atoms with van der Waals surface area (Å²) in [4.78, 5) is 29.6. The molecule has 204 valence electrons. The molecule has 2 amide bonds. The maximum atomic E-state index is 14.1. The number of para-hydroxylation sites is 1. The number of carbonyl (C=O) groups excluding carboxylic acids is 2. The molecule has 4 rings (SSSR count). The summed E-state index contributed by atoms with van der Waals surface area (Å²) in [7, 11) is 1.55. The molecule has 0 aliphatic carbocycles. The molecule has 4 aromatic rings. The molecule has 3 aromatic carbocycles.